The van der Waals surface area contributed by atoms with E-state index in [1.54, 1.807) is 25.1 Å². The summed E-state index contributed by atoms with van der Waals surface area (Å²) < 4.78 is 27.2. The van der Waals surface area contributed by atoms with Gasteiger partial charge in [-0.1, -0.05) is 17.7 Å². The zero-order valence-electron chi connectivity index (χ0n) is 11.5. The highest BCUT2D eigenvalue weighted by Gasteiger charge is 2.15. The van der Waals surface area contributed by atoms with Crippen molar-refractivity contribution in [1.29, 1.82) is 0 Å². The van der Waals surface area contributed by atoms with Gasteiger partial charge in [0.1, 0.15) is 11.6 Å². The van der Waals surface area contributed by atoms with Gasteiger partial charge in [0.25, 0.3) is 0 Å². The molecular weight excluding hydrogens is 260 g/mol. The lowest BCUT2D eigenvalue weighted by Crippen LogP contribution is -2.16. The van der Waals surface area contributed by atoms with Crippen LogP contribution in [0.3, 0.4) is 0 Å². The number of rotatable bonds is 4. The summed E-state index contributed by atoms with van der Waals surface area (Å²) in [6.45, 7) is 3.34. The predicted molar refractivity (Wildman–Crippen MR) is 75.7 cm³/mol. The highest BCUT2D eigenvalue weighted by molar-refractivity contribution is 5.48. The van der Waals surface area contributed by atoms with Gasteiger partial charge < -0.3 is 10.4 Å². The van der Waals surface area contributed by atoms with E-state index in [-0.39, 0.29) is 12.4 Å². The van der Waals surface area contributed by atoms with Gasteiger partial charge in [-0.3, -0.25) is 0 Å². The van der Waals surface area contributed by atoms with Crippen LogP contribution in [0.5, 0.6) is 0 Å². The molecule has 4 heteroatoms. The fraction of sp³-hybridized carbons (Fsp3) is 0.250. The normalized spacial score (nSPS) is 12.2. The van der Waals surface area contributed by atoms with Crippen LogP contribution in [0.1, 0.15) is 22.7 Å². The van der Waals surface area contributed by atoms with Gasteiger partial charge in [0.15, 0.2) is 0 Å². The minimum atomic E-state index is -0.615. The van der Waals surface area contributed by atoms with Crippen LogP contribution >= 0.6 is 0 Å². The van der Waals surface area contributed by atoms with Crippen LogP contribution in [-0.2, 0) is 0 Å². The molecule has 0 aliphatic carbocycles. The first-order valence-corrected chi connectivity index (χ1v) is 6.40. The maximum Gasteiger partial charge on any atom is 0.128 e. The molecule has 2 rings (SSSR count). The van der Waals surface area contributed by atoms with Gasteiger partial charge in [-0.05, 0) is 43.7 Å². The smallest absolute Gasteiger partial charge is 0.128 e. The van der Waals surface area contributed by atoms with E-state index in [4.69, 9.17) is 0 Å². The highest BCUT2D eigenvalue weighted by Crippen LogP contribution is 2.24. The molecule has 0 aliphatic rings. The second kappa shape index (κ2) is 6.01. The van der Waals surface area contributed by atoms with Gasteiger partial charge in [-0.15, -0.1) is 0 Å². The molecule has 0 radical (unpaired) electrons. The van der Waals surface area contributed by atoms with Crippen LogP contribution in [0.4, 0.5) is 14.5 Å². The maximum atomic E-state index is 13.8. The number of aryl methyl sites for hydroxylation is 2. The van der Waals surface area contributed by atoms with Crippen molar-refractivity contribution in [2.45, 2.75) is 19.9 Å². The summed E-state index contributed by atoms with van der Waals surface area (Å²) in [7, 11) is 0. The molecule has 1 atom stereocenters. The summed E-state index contributed by atoms with van der Waals surface area (Å²) in [6, 6.07) is 8.58. The monoisotopic (exact) mass is 277 g/mol. The molecule has 2 N–H and O–H groups in total. The topological polar surface area (TPSA) is 32.3 Å². The van der Waals surface area contributed by atoms with E-state index in [0.717, 1.165) is 11.1 Å². The largest absolute Gasteiger partial charge is 0.394 e. The number of benzene rings is 2. The highest BCUT2D eigenvalue weighted by atomic mass is 19.1. The third-order valence-corrected chi connectivity index (χ3v) is 3.09. The fourth-order valence-electron chi connectivity index (χ4n) is 2.17. The minimum absolute atomic E-state index is 0.282. The molecule has 0 spiro atoms. The van der Waals surface area contributed by atoms with Crippen molar-refractivity contribution < 1.29 is 13.9 Å². The number of hydrogen-bond acceptors (Lipinski definition) is 2. The zero-order chi connectivity index (χ0) is 14.7. The third kappa shape index (κ3) is 3.33. The second-order valence-electron chi connectivity index (χ2n) is 4.92. The Kier molecular flexibility index (Phi) is 4.35. The first kappa shape index (κ1) is 14.5. The molecule has 0 bridgehead atoms. The van der Waals surface area contributed by atoms with Gasteiger partial charge in [-0.25, -0.2) is 8.78 Å². The summed E-state index contributed by atoms with van der Waals surface area (Å²) in [5.74, 6) is -0.760. The Labute approximate surface area is 117 Å². The molecular formula is C16H17F2NO. The summed E-state index contributed by atoms with van der Waals surface area (Å²) in [5, 5.41) is 12.4. The summed E-state index contributed by atoms with van der Waals surface area (Å²) in [5.41, 5.74) is 2.54. The SMILES string of the molecule is Cc1cc(F)cc(NC(CO)c2cc(C)ccc2F)c1. The van der Waals surface area contributed by atoms with E-state index >= 15 is 0 Å². The van der Waals surface area contributed by atoms with Crippen molar-refractivity contribution in [2.75, 3.05) is 11.9 Å². The van der Waals surface area contributed by atoms with Crippen LogP contribution in [0.15, 0.2) is 36.4 Å². The molecule has 0 saturated carbocycles. The Morgan fingerprint density at radius 2 is 1.80 bits per heavy atom. The van der Waals surface area contributed by atoms with Crippen LogP contribution in [0.2, 0.25) is 0 Å². The summed E-state index contributed by atoms with van der Waals surface area (Å²) >= 11 is 0. The molecule has 20 heavy (non-hydrogen) atoms. The van der Waals surface area contributed by atoms with Crippen molar-refractivity contribution in [1.82, 2.24) is 0 Å². The Morgan fingerprint density at radius 3 is 2.45 bits per heavy atom. The van der Waals surface area contributed by atoms with E-state index in [1.807, 2.05) is 6.92 Å². The van der Waals surface area contributed by atoms with Gasteiger partial charge in [0.05, 0.1) is 12.6 Å². The lowest BCUT2D eigenvalue weighted by atomic mass is 10.0. The quantitative estimate of drug-likeness (QED) is 0.892. The first-order chi connectivity index (χ1) is 9.49. The Morgan fingerprint density at radius 1 is 1.05 bits per heavy atom. The van der Waals surface area contributed by atoms with Gasteiger partial charge >= 0.3 is 0 Å². The van der Waals surface area contributed by atoms with Crippen LogP contribution < -0.4 is 5.32 Å². The maximum absolute atomic E-state index is 13.8. The fourth-order valence-corrected chi connectivity index (χ4v) is 2.17. The number of nitrogens with one attached hydrogen (secondary N) is 1. The summed E-state index contributed by atoms with van der Waals surface area (Å²) in [4.78, 5) is 0. The van der Waals surface area contributed by atoms with Crippen molar-refractivity contribution in [3.63, 3.8) is 0 Å². The number of halogens is 2. The standard InChI is InChI=1S/C16H17F2NO/c1-10-3-4-15(18)14(7-10)16(9-20)19-13-6-11(2)5-12(17)8-13/h3-8,16,19-20H,9H2,1-2H3. The molecule has 2 nitrogen and oxygen atoms in total. The number of aliphatic hydroxyl groups excluding tert-OH is 1. The number of anilines is 1. The molecule has 0 aromatic heterocycles. The first-order valence-electron chi connectivity index (χ1n) is 6.40. The number of aliphatic hydroxyl groups is 1. The van der Waals surface area contributed by atoms with Gasteiger partial charge in [0.2, 0.25) is 0 Å². The minimum Gasteiger partial charge on any atom is -0.394 e. The Bertz CT molecular complexity index is 593. The zero-order valence-corrected chi connectivity index (χ0v) is 11.5. The van der Waals surface area contributed by atoms with Crippen molar-refractivity contribution in [2.24, 2.45) is 0 Å². The lowest BCUT2D eigenvalue weighted by molar-refractivity contribution is 0.274. The van der Waals surface area contributed by atoms with E-state index in [1.165, 1.54) is 18.2 Å². The predicted octanol–water partition coefficient (Wildman–Crippen LogP) is 3.73. The molecule has 2 aromatic rings. The van der Waals surface area contributed by atoms with Gasteiger partial charge in [-0.2, -0.15) is 0 Å². The molecule has 0 amide bonds. The average molecular weight is 277 g/mol. The molecule has 2 aromatic carbocycles. The van der Waals surface area contributed by atoms with Crippen LogP contribution in [0.25, 0.3) is 0 Å². The van der Waals surface area contributed by atoms with E-state index in [0.29, 0.717) is 11.3 Å². The lowest BCUT2D eigenvalue weighted by Gasteiger charge is -2.19. The van der Waals surface area contributed by atoms with E-state index < -0.39 is 11.9 Å². The average Bonchev–Trinajstić information content (AvgIpc) is 2.38. The molecule has 0 aliphatic heterocycles. The Hall–Kier alpha value is -1.94. The van der Waals surface area contributed by atoms with Crippen LogP contribution in [-0.4, -0.2) is 11.7 Å². The third-order valence-electron chi connectivity index (χ3n) is 3.09. The van der Waals surface area contributed by atoms with E-state index in [2.05, 4.69) is 5.32 Å². The second-order valence-corrected chi connectivity index (χ2v) is 4.92. The molecule has 0 heterocycles. The van der Waals surface area contributed by atoms with Crippen molar-refractivity contribution in [3.05, 3.63) is 64.7 Å². The molecule has 0 saturated heterocycles. The molecule has 1 unspecified atom stereocenters. The van der Waals surface area contributed by atoms with E-state index in [9.17, 15) is 13.9 Å². The Balaban J connectivity index is 2.31. The number of hydrogen-bond donors (Lipinski definition) is 2. The van der Waals surface area contributed by atoms with Crippen LogP contribution in [0, 0.1) is 25.5 Å². The van der Waals surface area contributed by atoms with Crippen molar-refractivity contribution >= 4 is 5.69 Å². The van der Waals surface area contributed by atoms with Gasteiger partial charge in [0, 0.05) is 11.3 Å². The molecule has 106 valence electrons. The molecule has 0 fully saturated rings. The van der Waals surface area contributed by atoms with Crippen molar-refractivity contribution in [3.8, 4) is 0 Å². The summed E-state index contributed by atoms with van der Waals surface area (Å²) in [6.07, 6.45) is 0.